The number of hydrogen-bond acceptors (Lipinski definition) is 3. The Morgan fingerprint density at radius 3 is 2.30 bits per heavy atom. The monoisotopic (exact) mass is 368 g/mol. The second kappa shape index (κ2) is 7.95. The first-order valence-electron chi connectivity index (χ1n) is 8.49. The van der Waals surface area contributed by atoms with Crippen molar-refractivity contribution in [2.45, 2.75) is 20.5 Å². The van der Waals surface area contributed by atoms with Gasteiger partial charge in [0.1, 0.15) is 12.4 Å². The van der Waals surface area contributed by atoms with E-state index in [9.17, 15) is 9.18 Å². The first-order chi connectivity index (χ1) is 13.0. The van der Waals surface area contributed by atoms with Crippen LogP contribution >= 0.6 is 0 Å². The normalized spacial score (nSPS) is 10.5. The molecule has 0 aliphatic carbocycles. The average Bonchev–Trinajstić information content (AvgIpc) is 2.99. The van der Waals surface area contributed by atoms with Crippen LogP contribution in [0.4, 0.5) is 4.39 Å². The van der Waals surface area contributed by atoms with Crippen LogP contribution in [0.1, 0.15) is 27.3 Å². The molecule has 0 unspecified atom stereocenters. The summed E-state index contributed by atoms with van der Waals surface area (Å²) in [6, 6.07) is 15.4. The van der Waals surface area contributed by atoms with Crippen molar-refractivity contribution < 1.29 is 18.7 Å². The predicted molar refractivity (Wildman–Crippen MR) is 101 cm³/mol. The second-order valence-electron chi connectivity index (χ2n) is 6.17. The van der Waals surface area contributed by atoms with E-state index in [-0.39, 0.29) is 18.3 Å². The number of methoxy groups -OCH3 is 1. The van der Waals surface area contributed by atoms with E-state index in [0.717, 1.165) is 11.4 Å². The molecule has 0 spiro atoms. The molecule has 140 valence electrons. The fraction of sp³-hybridized carbons (Fsp3) is 0.190. The van der Waals surface area contributed by atoms with Crippen molar-refractivity contribution in [3.05, 3.63) is 82.9 Å². The number of benzene rings is 2. The average molecular weight is 368 g/mol. The molecule has 0 saturated heterocycles. The van der Waals surface area contributed by atoms with Gasteiger partial charge in [0, 0.05) is 17.0 Å². The quantitative estimate of drug-likeness (QED) is 0.709. The topological polar surface area (TPSA) is 52.5 Å². The fourth-order valence-corrected chi connectivity index (χ4v) is 2.68. The molecule has 0 aliphatic rings. The lowest BCUT2D eigenvalue weighted by Gasteiger charge is -2.12. The summed E-state index contributed by atoms with van der Waals surface area (Å²) in [6.45, 7) is 4.06. The number of aromatic nitrogens is 1. The number of nitrogens with zero attached hydrogens (tertiary/aromatic N) is 1. The van der Waals surface area contributed by atoms with Crippen molar-refractivity contribution in [1.82, 2.24) is 4.68 Å². The third kappa shape index (κ3) is 4.28. The van der Waals surface area contributed by atoms with Gasteiger partial charge < -0.3 is 9.47 Å². The number of carbonyl (C=O) groups excluding carboxylic acids is 1. The molecule has 27 heavy (non-hydrogen) atoms. The molecular weight excluding hydrogens is 347 g/mol. The summed E-state index contributed by atoms with van der Waals surface area (Å²) in [5.74, 6) is 0.153. The first-order valence-corrected chi connectivity index (χ1v) is 8.49. The third-order valence-electron chi connectivity index (χ3n) is 4.22. The van der Waals surface area contributed by atoms with E-state index in [2.05, 4.69) is 5.43 Å². The largest absolute Gasteiger partial charge is 0.494 e. The maximum atomic E-state index is 13.7. The molecule has 3 aromatic rings. The molecular formula is C21H21FN2O3. The molecule has 0 atom stereocenters. The van der Waals surface area contributed by atoms with Crippen molar-refractivity contribution in [2.75, 3.05) is 12.5 Å². The zero-order valence-electron chi connectivity index (χ0n) is 15.5. The summed E-state index contributed by atoms with van der Waals surface area (Å²) in [5.41, 5.74) is 5.96. The van der Waals surface area contributed by atoms with Gasteiger partial charge >= 0.3 is 0 Å². The van der Waals surface area contributed by atoms with Crippen LogP contribution in [0.5, 0.6) is 11.5 Å². The SMILES string of the molecule is COc1ccc(COc2ccc(C(=O)Nn3c(C)ccc3C)cc2)cc1F. The lowest BCUT2D eigenvalue weighted by molar-refractivity contribution is 0.101. The highest BCUT2D eigenvalue weighted by Gasteiger charge is 2.09. The van der Waals surface area contributed by atoms with E-state index in [0.29, 0.717) is 16.9 Å². The number of aryl methyl sites for hydroxylation is 2. The third-order valence-corrected chi connectivity index (χ3v) is 4.22. The highest BCUT2D eigenvalue weighted by Crippen LogP contribution is 2.20. The van der Waals surface area contributed by atoms with Crippen molar-refractivity contribution in [2.24, 2.45) is 0 Å². The van der Waals surface area contributed by atoms with Crippen molar-refractivity contribution in [1.29, 1.82) is 0 Å². The van der Waals surface area contributed by atoms with E-state index in [1.165, 1.54) is 13.2 Å². The van der Waals surface area contributed by atoms with Crippen molar-refractivity contribution >= 4 is 5.91 Å². The molecule has 5 nitrogen and oxygen atoms in total. The van der Waals surface area contributed by atoms with Gasteiger partial charge in [-0.3, -0.25) is 14.9 Å². The smallest absolute Gasteiger partial charge is 0.270 e. The van der Waals surface area contributed by atoms with Gasteiger partial charge in [-0.1, -0.05) is 6.07 Å². The molecule has 0 fully saturated rings. The van der Waals surface area contributed by atoms with E-state index in [1.54, 1.807) is 41.1 Å². The number of hydrogen-bond donors (Lipinski definition) is 1. The minimum absolute atomic E-state index is 0.197. The molecule has 0 saturated carbocycles. The van der Waals surface area contributed by atoms with Crippen LogP contribution in [0.15, 0.2) is 54.6 Å². The maximum Gasteiger partial charge on any atom is 0.270 e. The number of ether oxygens (including phenoxy) is 2. The van der Waals surface area contributed by atoms with Gasteiger partial charge in [0.15, 0.2) is 11.6 Å². The van der Waals surface area contributed by atoms with E-state index in [4.69, 9.17) is 9.47 Å². The van der Waals surface area contributed by atoms with Crippen LogP contribution in [-0.4, -0.2) is 17.7 Å². The Morgan fingerprint density at radius 2 is 1.70 bits per heavy atom. The van der Waals surface area contributed by atoms with Gasteiger partial charge in [-0.15, -0.1) is 0 Å². The molecule has 1 amide bonds. The second-order valence-corrected chi connectivity index (χ2v) is 6.17. The fourth-order valence-electron chi connectivity index (χ4n) is 2.68. The summed E-state index contributed by atoms with van der Waals surface area (Å²) >= 11 is 0. The number of nitrogens with one attached hydrogen (secondary N) is 1. The molecule has 1 heterocycles. The molecule has 3 rings (SSSR count). The minimum atomic E-state index is -0.429. The zero-order valence-corrected chi connectivity index (χ0v) is 15.5. The van der Waals surface area contributed by atoms with Crippen LogP contribution in [0.3, 0.4) is 0 Å². The summed E-state index contributed by atoms with van der Waals surface area (Å²) in [7, 11) is 1.42. The van der Waals surface area contributed by atoms with Crippen molar-refractivity contribution in [3.8, 4) is 11.5 Å². The Balaban J connectivity index is 1.61. The molecule has 1 aromatic heterocycles. The molecule has 0 bridgehead atoms. The van der Waals surface area contributed by atoms with Crippen LogP contribution < -0.4 is 14.9 Å². The molecule has 0 aliphatic heterocycles. The molecule has 6 heteroatoms. The standard InChI is InChI=1S/C21H21FN2O3/c1-14-4-5-15(2)24(14)23-21(25)17-7-9-18(10-8-17)27-13-16-6-11-20(26-3)19(22)12-16/h4-12H,13H2,1-3H3,(H,23,25). The van der Waals surface area contributed by atoms with E-state index in [1.807, 2.05) is 26.0 Å². The Kier molecular flexibility index (Phi) is 5.45. The van der Waals surface area contributed by atoms with Gasteiger partial charge in [-0.25, -0.2) is 4.39 Å². The van der Waals surface area contributed by atoms with Gasteiger partial charge in [0.2, 0.25) is 0 Å². The zero-order chi connectivity index (χ0) is 19.4. The van der Waals surface area contributed by atoms with Gasteiger partial charge in [0.05, 0.1) is 7.11 Å². The Bertz CT molecular complexity index is 929. The maximum absolute atomic E-state index is 13.7. The Labute approximate surface area is 157 Å². The van der Waals surface area contributed by atoms with Crippen LogP contribution in [-0.2, 0) is 6.61 Å². The Morgan fingerprint density at radius 1 is 1.04 bits per heavy atom. The molecule has 2 aromatic carbocycles. The molecule has 1 N–H and O–H groups in total. The number of halogens is 1. The van der Waals surface area contributed by atoms with Gasteiger partial charge in [0.25, 0.3) is 5.91 Å². The van der Waals surface area contributed by atoms with E-state index >= 15 is 0 Å². The Hall–Kier alpha value is -3.28. The number of amides is 1. The highest BCUT2D eigenvalue weighted by molar-refractivity contribution is 6.00. The summed E-state index contributed by atoms with van der Waals surface area (Å²) in [6.07, 6.45) is 0. The van der Waals surface area contributed by atoms with Gasteiger partial charge in [-0.2, -0.15) is 0 Å². The van der Waals surface area contributed by atoms with Crippen LogP contribution in [0, 0.1) is 19.7 Å². The summed E-state index contributed by atoms with van der Waals surface area (Å²) in [5, 5.41) is 0. The summed E-state index contributed by atoms with van der Waals surface area (Å²) in [4.78, 5) is 12.4. The van der Waals surface area contributed by atoms with Crippen LogP contribution in [0.2, 0.25) is 0 Å². The molecule has 0 radical (unpaired) electrons. The predicted octanol–water partition coefficient (Wildman–Crippen LogP) is 4.22. The lowest BCUT2D eigenvalue weighted by Crippen LogP contribution is -2.24. The van der Waals surface area contributed by atoms with Crippen molar-refractivity contribution in [3.63, 3.8) is 0 Å². The van der Waals surface area contributed by atoms with Gasteiger partial charge in [-0.05, 0) is 67.9 Å². The summed E-state index contributed by atoms with van der Waals surface area (Å²) < 4.78 is 26.0. The van der Waals surface area contributed by atoms with Crippen LogP contribution in [0.25, 0.3) is 0 Å². The lowest BCUT2D eigenvalue weighted by atomic mass is 10.2. The number of carbonyl (C=O) groups is 1. The highest BCUT2D eigenvalue weighted by atomic mass is 19.1. The van der Waals surface area contributed by atoms with E-state index < -0.39 is 5.82 Å². The number of rotatable bonds is 6. The minimum Gasteiger partial charge on any atom is -0.494 e. The first kappa shape index (κ1) is 18.5.